The van der Waals surface area contributed by atoms with Crippen LogP contribution in [0.5, 0.6) is 0 Å². The Kier molecular flexibility index (Phi) is 5.21. The van der Waals surface area contributed by atoms with Gasteiger partial charge in [0.25, 0.3) is 0 Å². The molecule has 0 N–H and O–H groups in total. The summed E-state index contributed by atoms with van der Waals surface area (Å²) in [5, 5.41) is 0.574. The normalized spacial score (nSPS) is 20.8. The van der Waals surface area contributed by atoms with Crippen molar-refractivity contribution in [3.63, 3.8) is 0 Å². The predicted octanol–water partition coefficient (Wildman–Crippen LogP) is 3.13. The van der Waals surface area contributed by atoms with Gasteiger partial charge in [-0.3, -0.25) is 9.79 Å². The molecule has 1 aliphatic rings. The second kappa shape index (κ2) is 6.96. The van der Waals surface area contributed by atoms with Gasteiger partial charge in [0.1, 0.15) is 5.92 Å². The molecule has 0 saturated carbocycles. The van der Waals surface area contributed by atoms with E-state index in [0.717, 1.165) is 5.56 Å². The van der Waals surface area contributed by atoms with Crippen molar-refractivity contribution in [2.45, 2.75) is 19.8 Å². The summed E-state index contributed by atoms with van der Waals surface area (Å²) in [5.74, 6) is -2.16. The highest BCUT2D eigenvalue weighted by atomic mass is 35.5. The zero-order valence-electron chi connectivity index (χ0n) is 13.4. The molecule has 0 amide bonds. The lowest BCUT2D eigenvalue weighted by atomic mass is 9.75. The van der Waals surface area contributed by atoms with Crippen LogP contribution >= 0.6 is 11.6 Å². The fraction of sp³-hybridized carbons (Fsp3) is 0.353. The van der Waals surface area contributed by atoms with E-state index in [1.54, 1.807) is 38.1 Å². The summed E-state index contributed by atoms with van der Waals surface area (Å²) in [5.41, 5.74) is 2.27. The molecule has 0 spiro atoms. The molecular weight excluding hydrogens is 318 g/mol. The van der Waals surface area contributed by atoms with Crippen molar-refractivity contribution in [3.8, 4) is 0 Å². The number of hydrogen-bond donors (Lipinski definition) is 0. The quantitative estimate of drug-likeness (QED) is 0.796. The first-order valence-electron chi connectivity index (χ1n) is 7.08. The van der Waals surface area contributed by atoms with Gasteiger partial charge >= 0.3 is 11.9 Å². The van der Waals surface area contributed by atoms with Crippen molar-refractivity contribution in [1.82, 2.24) is 0 Å². The Morgan fingerprint density at radius 1 is 1.09 bits per heavy atom. The minimum atomic E-state index is -0.682. The minimum absolute atomic E-state index is 0.357. The summed E-state index contributed by atoms with van der Waals surface area (Å²) < 4.78 is 9.80. The van der Waals surface area contributed by atoms with E-state index in [1.165, 1.54) is 14.2 Å². The van der Waals surface area contributed by atoms with E-state index in [2.05, 4.69) is 4.99 Å². The minimum Gasteiger partial charge on any atom is -0.468 e. The number of rotatable bonds is 3. The number of carbonyl (C=O) groups is 2. The number of carbonyl (C=O) groups excluding carboxylic acids is 2. The molecule has 0 bridgehead atoms. The first-order chi connectivity index (χ1) is 10.9. The molecule has 0 fully saturated rings. The number of aliphatic imine (C=N–C) groups is 1. The van der Waals surface area contributed by atoms with Crippen molar-refractivity contribution >= 4 is 29.3 Å². The fourth-order valence-electron chi connectivity index (χ4n) is 2.87. The van der Waals surface area contributed by atoms with Gasteiger partial charge in [-0.1, -0.05) is 23.7 Å². The monoisotopic (exact) mass is 335 g/mol. The van der Waals surface area contributed by atoms with E-state index in [4.69, 9.17) is 21.1 Å². The number of methoxy groups -OCH3 is 2. The van der Waals surface area contributed by atoms with Crippen LogP contribution in [-0.2, 0) is 19.1 Å². The molecule has 2 atom stereocenters. The van der Waals surface area contributed by atoms with Crippen molar-refractivity contribution in [1.29, 1.82) is 0 Å². The van der Waals surface area contributed by atoms with E-state index in [-0.39, 0.29) is 0 Å². The standard InChI is InChI=1S/C17H18ClNO4/c1-9-13(16(20)22-3)15(11-5-7-12(18)8-6-11)14(10(2)19-9)17(21)23-4/h5-8,13,15H,1-4H3/t13?,15-/m0/s1. The lowest BCUT2D eigenvalue weighted by Crippen LogP contribution is -2.36. The van der Waals surface area contributed by atoms with Gasteiger partial charge < -0.3 is 9.47 Å². The number of allylic oxidation sites excluding steroid dienone is 1. The number of esters is 2. The van der Waals surface area contributed by atoms with Crippen LogP contribution < -0.4 is 0 Å². The van der Waals surface area contributed by atoms with Crippen LogP contribution in [0.15, 0.2) is 40.5 Å². The van der Waals surface area contributed by atoms with Gasteiger partial charge in [0.2, 0.25) is 0 Å². The first-order valence-corrected chi connectivity index (χ1v) is 7.46. The third kappa shape index (κ3) is 3.29. The van der Waals surface area contributed by atoms with Gasteiger partial charge in [-0.05, 0) is 31.5 Å². The van der Waals surface area contributed by atoms with Gasteiger partial charge in [-0.25, -0.2) is 4.79 Å². The Hall–Kier alpha value is -2.14. The topological polar surface area (TPSA) is 65.0 Å². The van der Waals surface area contributed by atoms with Crippen molar-refractivity contribution in [3.05, 3.63) is 46.1 Å². The maximum Gasteiger partial charge on any atom is 0.336 e. The maximum atomic E-state index is 12.3. The molecule has 1 heterocycles. The Bertz CT molecular complexity index is 691. The van der Waals surface area contributed by atoms with Crippen LogP contribution in [0, 0.1) is 5.92 Å². The zero-order chi connectivity index (χ0) is 17.1. The summed E-state index contributed by atoms with van der Waals surface area (Å²) in [6.45, 7) is 3.48. The van der Waals surface area contributed by atoms with E-state index >= 15 is 0 Å². The van der Waals surface area contributed by atoms with E-state index in [9.17, 15) is 9.59 Å². The predicted molar refractivity (Wildman–Crippen MR) is 87.5 cm³/mol. The molecule has 1 aliphatic heterocycles. The number of nitrogens with zero attached hydrogens (tertiary/aromatic N) is 1. The summed E-state index contributed by atoms with van der Waals surface area (Å²) >= 11 is 5.94. The molecular formula is C17H18ClNO4. The van der Waals surface area contributed by atoms with Crippen molar-refractivity contribution in [2.75, 3.05) is 14.2 Å². The number of ether oxygens (including phenoxy) is 2. The third-order valence-electron chi connectivity index (χ3n) is 3.92. The smallest absolute Gasteiger partial charge is 0.336 e. The van der Waals surface area contributed by atoms with Gasteiger partial charge in [0.15, 0.2) is 0 Å². The molecule has 5 nitrogen and oxygen atoms in total. The zero-order valence-corrected chi connectivity index (χ0v) is 14.2. The summed E-state index contributed by atoms with van der Waals surface area (Å²) in [4.78, 5) is 28.9. The Morgan fingerprint density at radius 2 is 1.70 bits per heavy atom. The first kappa shape index (κ1) is 17.2. The van der Waals surface area contributed by atoms with Crippen LogP contribution in [-0.4, -0.2) is 31.9 Å². The Morgan fingerprint density at radius 3 is 2.22 bits per heavy atom. The number of benzene rings is 1. The maximum absolute atomic E-state index is 12.3. The van der Waals surface area contributed by atoms with Gasteiger partial charge in [0.05, 0.1) is 19.8 Å². The lowest BCUT2D eigenvalue weighted by Gasteiger charge is -2.31. The van der Waals surface area contributed by atoms with E-state index in [0.29, 0.717) is 22.0 Å². The molecule has 1 aromatic rings. The van der Waals surface area contributed by atoms with Crippen LogP contribution in [0.3, 0.4) is 0 Å². The summed E-state index contributed by atoms with van der Waals surface area (Å²) in [6, 6.07) is 7.02. The number of hydrogen-bond acceptors (Lipinski definition) is 5. The van der Waals surface area contributed by atoms with Crippen LogP contribution in [0.1, 0.15) is 25.3 Å². The highest BCUT2D eigenvalue weighted by molar-refractivity contribution is 6.30. The second-order valence-corrected chi connectivity index (χ2v) is 5.71. The van der Waals surface area contributed by atoms with Crippen molar-refractivity contribution in [2.24, 2.45) is 10.9 Å². The lowest BCUT2D eigenvalue weighted by molar-refractivity contribution is -0.143. The number of halogens is 1. The Balaban J connectivity index is 2.65. The Labute approximate surface area is 139 Å². The molecule has 1 unspecified atom stereocenters. The van der Waals surface area contributed by atoms with E-state index in [1.807, 2.05) is 0 Å². The van der Waals surface area contributed by atoms with Crippen LogP contribution in [0.25, 0.3) is 0 Å². The van der Waals surface area contributed by atoms with Gasteiger partial charge in [0, 0.05) is 22.3 Å². The molecule has 23 heavy (non-hydrogen) atoms. The fourth-order valence-corrected chi connectivity index (χ4v) is 3.00. The molecule has 122 valence electrons. The SMILES string of the molecule is COC(=O)C1=C(C)N=C(C)C(C(=O)OC)[C@@H]1c1ccc(Cl)cc1. The molecule has 0 aliphatic carbocycles. The highest BCUT2D eigenvalue weighted by Crippen LogP contribution is 2.40. The summed E-state index contributed by atoms with van der Waals surface area (Å²) in [7, 11) is 2.62. The second-order valence-electron chi connectivity index (χ2n) is 5.27. The van der Waals surface area contributed by atoms with Crippen LogP contribution in [0.2, 0.25) is 5.02 Å². The molecule has 6 heteroatoms. The van der Waals surface area contributed by atoms with E-state index < -0.39 is 23.8 Å². The molecule has 0 aromatic heterocycles. The third-order valence-corrected chi connectivity index (χ3v) is 4.17. The average Bonchev–Trinajstić information content (AvgIpc) is 2.53. The van der Waals surface area contributed by atoms with Gasteiger partial charge in [-0.2, -0.15) is 0 Å². The molecule has 1 aromatic carbocycles. The average molecular weight is 336 g/mol. The highest BCUT2D eigenvalue weighted by Gasteiger charge is 2.41. The summed E-state index contributed by atoms with van der Waals surface area (Å²) in [6.07, 6.45) is 0. The largest absolute Gasteiger partial charge is 0.468 e. The van der Waals surface area contributed by atoms with Crippen molar-refractivity contribution < 1.29 is 19.1 Å². The van der Waals surface area contributed by atoms with Gasteiger partial charge in [-0.15, -0.1) is 0 Å². The van der Waals surface area contributed by atoms with Crippen LogP contribution in [0.4, 0.5) is 0 Å². The molecule has 0 radical (unpaired) electrons. The molecule has 0 saturated heterocycles. The molecule has 2 rings (SSSR count).